The Hall–Kier alpha value is -5.68. The molecule has 5 aromatic carbocycles. The quantitative estimate of drug-likeness (QED) is 0.155. The number of nitrogens with zero attached hydrogens (tertiary/aromatic N) is 1. The molecule has 3 aliphatic rings. The molecule has 2 fully saturated rings. The Morgan fingerprint density at radius 3 is 1.26 bits per heavy atom. The molecule has 222 valence electrons. The minimum Gasteiger partial charge on any atom is -0.297 e. The molecule has 2 aliphatic carbocycles. The zero-order valence-corrected chi connectivity index (χ0v) is 25.1. The summed E-state index contributed by atoms with van der Waals surface area (Å²) in [5, 5.41) is 0. The Labute approximate surface area is 266 Å². The summed E-state index contributed by atoms with van der Waals surface area (Å²) in [7, 11) is 0. The van der Waals surface area contributed by atoms with Crippen LogP contribution in [0.2, 0.25) is 0 Å². The largest absolute Gasteiger partial charge is 0.297 e. The predicted molar refractivity (Wildman–Crippen MR) is 177 cm³/mol. The monoisotopic (exact) mass is 599 g/mol. The lowest BCUT2D eigenvalue weighted by Gasteiger charge is -2.39. The summed E-state index contributed by atoms with van der Waals surface area (Å²) in [6.07, 6.45) is 0. The number of Topliss-reactive ketones (excluding diaryl/α,β-unsaturated/α-hetero) is 2. The maximum atomic E-state index is 15.8. The Morgan fingerprint density at radius 2 is 0.891 bits per heavy atom. The van der Waals surface area contributed by atoms with Crippen molar-refractivity contribution < 1.29 is 19.2 Å². The molecule has 1 heterocycles. The lowest BCUT2D eigenvalue weighted by molar-refractivity contribution is -0.130. The molecule has 5 nitrogen and oxygen atoms in total. The highest BCUT2D eigenvalue weighted by molar-refractivity contribution is 6.39. The first kappa shape index (κ1) is 27.8. The van der Waals surface area contributed by atoms with Crippen LogP contribution in [0.15, 0.2) is 146 Å². The molecular formula is C41H29NO4. The number of rotatable bonds is 6. The zero-order valence-electron chi connectivity index (χ0n) is 25.1. The number of benzene rings is 5. The van der Waals surface area contributed by atoms with Gasteiger partial charge in [0.05, 0.1) is 28.4 Å². The van der Waals surface area contributed by atoms with Crippen molar-refractivity contribution in [1.29, 1.82) is 0 Å². The molecule has 2 bridgehead atoms. The zero-order chi connectivity index (χ0) is 31.6. The molecule has 0 spiro atoms. The molecule has 1 aliphatic heterocycles. The smallest absolute Gasteiger partial charge is 0.239 e. The third-order valence-electron chi connectivity index (χ3n) is 10.1. The van der Waals surface area contributed by atoms with E-state index in [1.54, 1.807) is 24.3 Å². The summed E-state index contributed by atoms with van der Waals surface area (Å²) < 4.78 is 0. The minimum atomic E-state index is -1.45. The number of amides is 2. The van der Waals surface area contributed by atoms with Crippen LogP contribution in [0.4, 0.5) is 5.69 Å². The number of fused-ring (bicyclic) bond motifs is 5. The fourth-order valence-corrected chi connectivity index (χ4v) is 8.43. The Bertz CT molecular complexity index is 1950. The van der Waals surface area contributed by atoms with E-state index in [0.717, 1.165) is 22.3 Å². The molecule has 46 heavy (non-hydrogen) atoms. The van der Waals surface area contributed by atoms with E-state index in [1.165, 1.54) is 11.8 Å². The lowest BCUT2D eigenvalue weighted by Crippen LogP contribution is -2.45. The van der Waals surface area contributed by atoms with Gasteiger partial charge in [0.2, 0.25) is 11.8 Å². The molecule has 1 saturated carbocycles. The lowest BCUT2D eigenvalue weighted by atomic mass is 9.59. The molecule has 0 unspecified atom stereocenters. The second kappa shape index (κ2) is 10.2. The van der Waals surface area contributed by atoms with Gasteiger partial charge in [0, 0.05) is 5.56 Å². The fraction of sp³-hybridized carbons (Fsp3) is 0.122. The third-order valence-corrected chi connectivity index (χ3v) is 10.1. The normalized spacial score (nSPS) is 24.9. The van der Waals surface area contributed by atoms with E-state index < -0.39 is 34.5 Å². The van der Waals surface area contributed by atoms with E-state index in [1.807, 2.05) is 121 Å². The molecule has 4 atom stereocenters. The van der Waals surface area contributed by atoms with E-state index >= 15 is 4.79 Å². The average Bonchev–Trinajstić information content (AvgIpc) is 3.62. The molecule has 8 rings (SSSR count). The van der Waals surface area contributed by atoms with Crippen LogP contribution in [0.25, 0.3) is 11.1 Å². The summed E-state index contributed by atoms with van der Waals surface area (Å²) >= 11 is 0. The van der Waals surface area contributed by atoms with Crippen molar-refractivity contribution in [2.45, 2.75) is 17.8 Å². The summed E-state index contributed by atoms with van der Waals surface area (Å²) in [5.74, 6) is -3.09. The Kier molecular flexibility index (Phi) is 6.16. The van der Waals surface area contributed by atoms with Crippen LogP contribution >= 0.6 is 0 Å². The maximum absolute atomic E-state index is 15.8. The first-order chi connectivity index (χ1) is 22.4. The van der Waals surface area contributed by atoms with Crippen molar-refractivity contribution in [2.75, 3.05) is 4.90 Å². The number of imide groups is 1. The topological polar surface area (TPSA) is 71.5 Å². The summed E-state index contributed by atoms with van der Waals surface area (Å²) in [4.78, 5) is 59.1. The Balaban J connectivity index is 1.52. The molecule has 1 saturated heterocycles. The van der Waals surface area contributed by atoms with Crippen LogP contribution in [0.1, 0.15) is 39.5 Å². The van der Waals surface area contributed by atoms with Crippen molar-refractivity contribution in [3.8, 4) is 0 Å². The van der Waals surface area contributed by atoms with Gasteiger partial charge in [-0.25, -0.2) is 4.90 Å². The number of carbonyl (C=O) groups is 4. The molecule has 5 aromatic rings. The summed E-state index contributed by atoms with van der Waals surface area (Å²) in [5.41, 5.74) is 2.53. The highest BCUT2D eigenvalue weighted by Gasteiger charge is 2.82. The van der Waals surface area contributed by atoms with Gasteiger partial charge in [-0.15, -0.1) is 0 Å². The molecule has 0 N–H and O–H groups in total. The first-order valence-electron chi connectivity index (χ1n) is 15.4. The number of carbonyl (C=O) groups excluding carboxylic acids is 4. The Morgan fingerprint density at radius 1 is 0.522 bits per heavy atom. The maximum Gasteiger partial charge on any atom is 0.239 e. The van der Waals surface area contributed by atoms with E-state index in [0.29, 0.717) is 22.4 Å². The highest BCUT2D eigenvalue weighted by atomic mass is 16.2. The SMILES string of the molecule is CC(=O)c1ccc(N2C(=O)[C@@H]3[C@@H](C2=O)[C@@]2(c4ccccc4)C(=O)[C@@]3(c3ccccc3)C(c3ccccc3)=C2c2ccccc2)cc1. The van der Waals surface area contributed by atoms with Gasteiger partial charge in [-0.05, 0) is 64.6 Å². The van der Waals surface area contributed by atoms with Crippen molar-refractivity contribution in [3.63, 3.8) is 0 Å². The standard InChI is InChI=1S/C41H29NO4/c1-26(43)27-22-24-32(25-23-27)42-37(44)35-36(38(42)45)41(31-20-12-5-13-21-31)34(29-16-8-3-9-17-29)33(28-14-6-2-7-15-28)40(35,39(41)46)30-18-10-4-11-19-30/h2-25,35-36H,1H3/t35-,36-,40-,41-/m0/s1. The number of allylic oxidation sites excluding steroid dienone is 2. The number of anilines is 1. The van der Waals surface area contributed by atoms with E-state index in [4.69, 9.17) is 0 Å². The van der Waals surface area contributed by atoms with Crippen molar-refractivity contribution in [3.05, 3.63) is 173 Å². The fourth-order valence-electron chi connectivity index (χ4n) is 8.43. The summed E-state index contributed by atoms with van der Waals surface area (Å²) in [6.45, 7) is 1.48. The molecule has 0 radical (unpaired) electrons. The van der Waals surface area contributed by atoms with E-state index in [9.17, 15) is 14.4 Å². The van der Waals surface area contributed by atoms with Crippen LogP contribution in [0.5, 0.6) is 0 Å². The van der Waals surface area contributed by atoms with Gasteiger partial charge in [0.25, 0.3) is 0 Å². The van der Waals surface area contributed by atoms with Gasteiger partial charge < -0.3 is 0 Å². The number of hydrogen-bond donors (Lipinski definition) is 0. The third kappa shape index (κ3) is 3.45. The molecular weight excluding hydrogens is 570 g/mol. The van der Waals surface area contributed by atoms with Crippen LogP contribution in [-0.4, -0.2) is 23.4 Å². The van der Waals surface area contributed by atoms with Gasteiger partial charge in [0.1, 0.15) is 0 Å². The number of hydrogen-bond acceptors (Lipinski definition) is 4. The molecule has 0 aromatic heterocycles. The van der Waals surface area contributed by atoms with Crippen LogP contribution in [0.3, 0.4) is 0 Å². The molecule has 2 amide bonds. The van der Waals surface area contributed by atoms with Crippen molar-refractivity contribution in [2.24, 2.45) is 11.8 Å². The summed E-state index contributed by atoms with van der Waals surface area (Å²) in [6, 6.07) is 45.1. The first-order valence-corrected chi connectivity index (χ1v) is 15.4. The van der Waals surface area contributed by atoms with Crippen molar-refractivity contribution >= 4 is 40.2 Å². The van der Waals surface area contributed by atoms with E-state index in [-0.39, 0.29) is 11.6 Å². The van der Waals surface area contributed by atoms with Gasteiger partial charge in [-0.1, -0.05) is 121 Å². The minimum absolute atomic E-state index is 0.110. The van der Waals surface area contributed by atoms with Gasteiger partial charge in [-0.3, -0.25) is 19.2 Å². The van der Waals surface area contributed by atoms with Crippen LogP contribution < -0.4 is 4.90 Å². The van der Waals surface area contributed by atoms with Crippen LogP contribution in [-0.2, 0) is 25.2 Å². The average molecular weight is 600 g/mol. The molecule has 5 heteroatoms. The van der Waals surface area contributed by atoms with Gasteiger partial charge in [0.15, 0.2) is 11.6 Å². The highest BCUT2D eigenvalue weighted by Crippen LogP contribution is 2.74. The van der Waals surface area contributed by atoms with E-state index in [2.05, 4.69) is 0 Å². The predicted octanol–water partition coefficient (Wildman–Crippen LogP) is 7.08. The van der Waals surface area contributed by atoms with Gasteiger partial charge >= 0.3 is 0 Å². The second-order valence-corrected chi connectivity index (χ2v) is 12.2. The number of ketones is 2. The second-order valence-electron chi connectivity index (χ2n) is 12.2. The van der Waals surface area contributed by atoms with Gasteiger partial charge in [-0.2, -0.15) is 0 Å². The van der Waals surface area contributed by atoms with Crippen molar-refractivity contribution in [1.82, 2.24) is 0 Å². The van der Waals surface area contributed by atoms with Crippen LogP contribution in [0, 0.1) is 11.8 Å².